The van der Waals surface area contributed by atoms with Crippen LogP contribution in [0.15, 0.2) is 59.7 Å². The lowest BCUT2D eigenvalue weighted by atomic mass is 10.2. The molecule has 1 aliphatic heterocycles. The molecule has 2 aromatic heterocycles. The van der Waals surface area contributed by atoms with Gasteiger partial charge in [-0.05, 0) is 43.7 Å². The maximum atomic E-state index is 13.3. The number of carbonyl (C=O) groups excluding carboxylic acids is 2. The number of hydrogen-bond donors (Lipinski definition) is 0. The number of halogens is 1. The minimum atomic E-state index is -0.569. The summed E-state index contributed by atoms with van der Waals surface area (Å²) in [7, 11) is 0. The zero-order valence-corrected chi connectivity index (χ0v) is 18.5. The van der Waals surface area contributed by atoms with Crippen LogP contribution >= 0.6 is 0 Å². The predicted octanol–water partition coefficient (Wildman–Crippen LogP) is 2.11. The van der Waals surface area contributed by atoms with Gasteiger partial charge in [-0.2, -0.15) is 0 Å². The number of fused-ring (bicyclic) bond motifs is 1. The van der Waals surface area contributed by atoms with Gasteiger partial charge in [-0.25, -0.2) is 9.37 Å². The molecule has 1 atom stereocenters. The summed E-state index contributed by atoms with van der Waals surface area (Å²) in [5.41, 5.74) is 0.601. The van der Waals surface area contributed by atoms with Crippen molar-refractivity contribution in [2.24, 2.45) is 0 Å². The minimum absolute atomic E-state index is 0.0857. The van der Waals surface area contributed by atoms with Gasteiger partial charge in [-0.15, -0.1) is 0 Å². The number of benzene rings is 1. The lowest BCUT2D eigenvalue weighted by Gasteiger charge is -2.27. The van der Waals surface area contributed by atoms with E-state index in [9.17, 15) is 18.8 Å². The number of rotatable bonds is 5. The highest BCUT2D eigenvalue weighted by atomic mass is 19.1. The molecule has 0 spiro atoms. The van der Waals surface area contributed by atoms with Crippen LogP contribution in [0.25, 0.3) is 5.65 Å². The van der Waals surface area contributed by atoms with E-state index in [0.717, 1.165) is 5.56 Å². The third-order valence-electron chi connectivity index (χ3n) is 5.62. The first-order valence-corrected chi connectivity index (χ1v) is 10.7. The highest BCUT2D eigenvalue weighted by molar-refractivity contribution is 5.96. The molecule has 0 N–H and O–H groups in total. The molecule has 0 saturated carbocycles. The van der Waals surface area contributed by atoms with Crippen molar-refractivity contribution in [3.05, 3.63) is 82.2 Å². The summed E-state index contributed by atoms with van der Waals surface area (Å²) < 4.78 is 20.5. The van der Waals surface area contributed by atoms with Crippen LogP contribution in [-0.2, 0) is 16.1 Å². The lowest BCUT2D eigenvalue weighted by molar-refractivity contribution is -0.133. The third kappa shape index (κ3) is 4.93. The molecule has 3 heterocycles. The summed E-state index contributed by atoms with van der Waals surface area (Å²) >= 11 is 0. The monoisotopic (exact) mass is 452 g/mol. The number of nitrogens with zero attached hydrogens (tertiary/aromatic N) is 4. The summed E-state index contributed by atoms with van der Waals surface area (Å²) in [6.45, 7) is 4.26. The molecule has 0 aliphatic carbocycles. The van der Waals surface area contributed by atoms with Crippen molar-refractivity contribution in [2.45, 2.75) is 32.6 Å². The molecular formula is C24H25FN4O4. The lowest BCUT2D eigenvalue weighted by Crippen LogP contribution is -2.43. The Morgan fingerprint density at radius 3 is 2.64 bits per heavy atom. The Balaban J connectivity index is 1.59. The molecule has 0 radical (unpaired) electrons. The number of carbonyl (C=O) groups is 2. The molecule has 3 aromatic rings. The van der Waals surface area contributed by atoms with Crippen LogP contribution in [0, 0.1) is 5.82 Å². The largest absolute Gasteiger partial charge is 0.370 e. The number of amides is 2. The Morgan fingerprint density at radius 2 is 1.91 bits per heavy atom. The smallest absolute Gasteiger partial charge is 0.270 e. The first-order valence-electron chi connectivity index (χ1n) is 10.7. The Labute approximate surface area is 190 Å². The number of pyridine rings is 1. The van der Waals surface area contributed by atoms with E-state index in [0.29, 0.717) is 12.2 Å². The SMILES string of the molecule is CC(C)N1CC(OCc2ccc(F)cc2)CN(C(=O)c2cnc3ccccn3c2=O)CC1=O. The zero-order chi connectivity index (χ0) is 23.5. The van der Waals surface area contributed by atoms with E-state index in [2.05, 4.69) is 4.98 Å². The van der Waals surface area contributed by atoms with E-state index in [1.165, 1.54) is 27.6 Å². The van der Waals surface area contributed by atoms with Crippen LogP contribution in [0.3, 0.4) is 0 Å². The maximum absolute atomic E-state index is 13.3. The first kappa shape index (κ1) is 22.6. The Kier molecular flexibility index (Phi) is 6.50. The van der Waals surface area contributed by atoms with E-state index in [1.807, 2.05) is 13.8 Å². The highest BCUT2D eigenvalue weighted by Gasteiger charge is 2.33. The van der Waals surface area contributed by atoms with Gasteiger partial charge in [0, 0.05) is 31.5 Å². The molecule has 1 unspecified atom stereocenters. The number of aromatic nitrogens is 2. The Morgan fingerprint density at radius 1 is 1.15 bits per heavy atom. The van der Waals surface area contributed by atoms with Gasteiger partial charge in [0.2, 0.25) is 5.91 Å². The molecule has 1 aromatic carbocycles. The second-order valence-electron chi connectivity index (χ2n) is 8.29. The van der Waals surface area contributed by atoms with Crippen LogP contribution in [0.1, 0.15) is 29.8 Å². The number of hydrogen-bond acceptors (Lipinski definition) is 5. The fraction of sp³-hybridized carbons (Fsp3) is 0.333. The fourth-order valence-electron chi connectivity index (χ4n) is 3.84. The molecule has 1 aliphatic rings. The average Bonchev–Trinajstić information content (AvgIpc) is 2.97. The quantitative estimate of drug-likeness (QED) is 0.592. The summed E-state index contributed by atoms with van der Waals surface area (Å²) in [4.78, 5) is 46.3. The molecule has 0 bridgehead atoms. The minimum Gasteiger partial charge on any atom is -0.370 e. The van der Waals surface area contributed by atoms with Gasteiger partial charge in [-0.1, -0.05) is 18.2 Å². The molecule has 4 rings (SSSR count). The van der Waals surface area contributed by atoms with Crippen LogP contribution in [0.5, 0.6) is 0 Å². The molecule has 1 saturated heterocycles. The summed E-state index contributed by atoms with van der Waals surface area (Å²) in [5, 5.41) is 0. The van der Waals surface area contributed by atoms with Gasteiger partial charge >= 0.3 is 0 Å². The topological polar surface area (TPSA) is 84.2 Å². The zero-order valence-electron chi connectivity index (χ0n) is 18.5. The molecule has 33 heavy (non-hydrogen) atoms. The van der Waals surface area contributed by atoms with Gasteiger partial charge in [0.05, 0.1) is 12.7 Å². The van der Waals surface area contributed by atoms with Crippen LogP contribution in [0.2, 0.25) is 0 Å². The molecule has 172 valence electrons. The third-order valence-corrected chi connectivity index (χ3v) is 5.62. The van der Waals surface area contributed by atoms with E-state index >= 15 is 0 Å². The van der Waals surface area contributed by atoms with Gasteiger partial charge in [0.1, 0.15) is 23.6 Å². The molecule has 8 nitrogen and oxygen atoms in total. The predicted molar refractivity (Wildman–Crippen MR) is 119 cm³/mol. The van der Waals surface area contributed by atoms with Crippen molar-refractivity contribution in [1.82, 2.24) is 19.2 Å². The van der Waals surface area contributed by atoms with Gasteiger partial charge in [-0.3, -0.25) is 18.8 Å². The van der Waals surface area contributed by atoms with Crippen LogP contribution in [0.4, 0.5) is 4.39 Å². The summed E-state index contributed by atoms with van der Waals surface area (Å²) in [6.07, 6.45) is 2.32. The van der Waals surface area contributed by atoms with Gasteiger partial charge < -0.3 is 14.5 Å². The maximum Gasteiger partial charge on any atom is 0.270 e. The Hall–Kier alpha value is -3.59. The van der Waals surface area contributed by atoms with E-state index in [1.54, 1.807) is 41.4 Å². The average molecular weight is 452 g/mol. The van der Waals surface area contributed by atoms with Crippen molar-refractivity contribution in [1.29, 1.82) is 0 Å². The molecule has 2 amide bonds. The standard InChI is InChI=1S/C24H25FN4O4/c1-16(2)29-13-19(33-15-17-6-8-18(25)9-7-17)12-27(14-22(29)30)23(31)20-11-26-21-5-3-4-10-28(21)24(20)32/h3-11,16,19H,12-15H2,1-2H3. The molecule has 9 heteroatoms. The normalized spacial score (nSPS) is 17.0. The second-order valence-corrected chi connectivity index (χ2v) is 8.29. The van der Waals surface area contributed by atoms with E-state index < -0.39 is 17.6 Å². The fourth-order valence-corrected chi connectivity index (χ4v) is 3.84. The molecular weight excluding hydrogens is 427 g/mol. The van der Waals surface area contributed by atoms with Crippen LogP contribution in [-0.4, -0.2) is 62.8 Å². The van der Waals surface area contributed by atoms with Gasteiger partial charge in [0.15, 0.2) is 0 Å². The first-order chi connectivity index (χ1) is 15.8. The number of ether oxygens (including phenoxy) is 1. The van der Waals surface area contributed by atoms with Crippen molar-refractivity contribution in [3.63, 3.8) is 0 Å². The van der Waals surface area contributed by atoms with Crippen molar-refractivity contribution in [3.8, 4) is 0 Å². The summed E-state index contributed by atoms with van der Waals surface area (Å²) in [5.74, 6) is -1.13. The van der Waals surface area contributed by atoms with Crippen molar-refractivity contribution in [2.75, 3.05) is 19.6 Å². The van der Waals surface area contributed by atoms with E-state index in [-0.39, 0.29) is 43.0 Å². The van der Waals surface area contributed by atoms with Crippen molar-refractivity contribution < 1.29 is 18.7 Å². The molecule has 1 fully saturated rings. The summed E-state index contributed by atoms with van der Waals surface area (Å²) in [6, 6.07) is 11.0. The second kappa shape index (κ2) is 9.50. The van der Waals surface area contributed by atoms with Crippen molar-refractivity contribution >= 4 is 17.5 Å². The van der Waals surface area contributed by atoms with Gasteiger partial charge in [0.25, 0.3) is 11.5 Å². The van der Waals surface area contributed by atoms with E-state index in [4.69, 9.17) is 4.74 Å². The highest BCUT2D eigenvalue weighted by Crippen LogP contribution is 2.15. The Bertz CT molecular complexity index is 1230. The van der Waals surface area contributed by atoms with Crippen LogP contribution < -0.4 is 5.56 Å².